The van der Waals surface area contributed by atoms with E-state index in [1.54, 1.807) is 24.3 Å². The van der Waals surface area contributed by atoms with Gasteiger partial charge in [-0.05, 0) is 59.4 Å². The third-order valence-corrected chi connectivity index (χ3v) is 3.50. The van der Waals surface area contributed by atoms with Crippen molar-refractivity contribution in [1.82, 2.24) is 0 Å². The second-order valence-electron chi connectivity index (χ2n) is 5.21. The molecule has 6 nitrogen and oxygen atoms in total. The first-order valence-electron chi connectivity index (χ1n) is 7.69. The topological polar surface area (TPSA) is 127 Å². The van der Waals surface area contributed by atoms with E-state index in [4.69, 9.17) is 19.2 Å². The summed E-state index contributed by atoms with van der Waals surface area (Å²) < 4.78 is 8.55. The zero-order valence-electron chi connectivity index (χ0n) is 17.0. The summed E-state index contributed by atoms with van der Waals surface area (Å²) in [7, 11) is -5.39. The average molecular weight is 432 g/mol. The van der Waals surface area contributed by atoms with Crippen LogP contribution in [0, 0.1) is 0 Å². The molecule has 2 rings (SSSR count). The molecule has 0 saturated carbocycles. The first kappa shape index (κ1) is 33.5. The Balaban J connectivity index is -0.000000700. The first-order chi connectivity index (χ1) is 11.7. The Hall–Kier alpha value is 0.890. The minimum Gasteiger partial charge on any atom is -0.822 e. The van der Waals surface area contributed by atoms with Gasteiger partial charge in [0, 0.05) is 0 Å². The molecule has 0 radical (unpaired) electrons. The van der Waals surface area contributed by atoms with Crippen LogP contribution in [0.3, 0.4) is 0 Å². The molecule has 2 N–H and O–H groups in total. The van der Waals surface area contributed by atoms with Crippen LogP contribution in [-0.2, 0) is 4.57 Å². The summed E-state index contributed by atoms with van der Waals surface area (Å²) in [5.74, 6) is 0.568. The van der Waals surface area contributed by atoms with Crippen LogP contribution in [0.2, 0.25) is 0 Å². The van der Waals surface area contributed by atoms with E-state index in [9.17, 15) is 10.2 Å². The van der Waals surface area contributed by atoms with Gasteiger partial charge in [-0.2, -0.15) is 7.82 Å². The predicted octanol–water partition coefficient (Wildman–Crippen LogP) is -6.98. The molecule has 0 amide bonds. The van der Waals surface area contributed by atoms with Crippen molar-refractivity contribution in [2.75, 3.05) is 0 Å². The summed E-state index contributed by atoms with van der Waals surface area (Å²) in [4.78, 5) is 25.6. The molecule has 0 aliphatic carbocycles. The number of phenols is 2. The minimum absolute atomic E-state index is 0. The number of phenolic OH excluding ortho intramolecular Hbond substituents is 2. The number of allylic oxidation sites excluding steroid dienone is 2. The quantitative estimate of drug-likeness (QED) is 0.281. The van der Waals surface area contributed by atoms with Crippen LogP contribution in [0.15, 0.2) is 48.5 Å². The molecule has 0 saturated heterocycles. The normalized spacial score (nSPS) is 10.8. The minimum atomic E-state index is -5.39. The molecule has 2 aromatic carbocycles. The van der Waals surface area contributed by atoms with E-state index in [0.29, 0.717) is 0 Å². The number of phosphoric acid groups is 1. The number of aromatic hydroxyl groups is 2. The third-order valence-electron chi connectivity index (χ3n) is 3.50. The molecule has 28 heavy (non-hydrogen) atoms. The third kappa shape index (κ3) is 13.2. The largest absolute Gasteiger partial charge is 1.00 e. The fourth-order valence-corrected chi connectivity index (χ4v) is 2.51. The van der Waals surface area contributed by atoms with Crippen molar-refractivity contribution in [2.45, 2.75) is 26.7 Å². The number of hydrogen-bond acceptors (Lipinski definition) is 6. The zero-order chi connectivity index (χ0) is 19.0. The zero-order valence-corrected chi connectivity index (χ0v) is 23.9. The SMILES string of the molecule is CC/C(=C(/CC)c1ccc(O)cc1)c1ccc(O)cc1.O=P([O-])([O-])[O-].[Na+].[Na+].[Na+]. The maximum Gasteiger partial charge on any atom is 1.00 e. The summed E-state index contributed by atoms with van der Waals surface area (Å²) in [5, 5.41) is 18.8. The molecule has 2 aromatic rings. The van der Waals surface area contributed by atoms with Gasteiger partial charge < -0.3 is 29.5 Å². The van der Waals surface area contributed by atoms with E-state index in [0.717, 1.165) is 24.0 Å². The Morgan fingerprint density at radius 1 is 0.714 bits per heavy atom. The average Bonchev–Trinajstić information content (AvgIpc) is 2.53. The van der Waals surface area contributed by atoms with Crippen molar-refractivity contribution < 1.29 is 118 Å². The van der Waals surface area contributed by atoms with Gasteiger partial charge in [0.25, 0.3) is 0 Å². The summed E-state index contributed by atoms with van der Waals surface area (Å²) in [6, 6.07) is 14.7. The molecule has 10 heteroatoms. The Morgan fingerprint density at radius 3 is 1.11 bits per heavy atom. The molecule has 0 heterocycles. The van der Waals surface area contributed by atoms with Crippen LogP contribution in [-0.4, -0.2) is 10.2 Å². The molecule has 136 valence electrons. The summed E-state index contributed by atoms with van der Waals surface area (Å²) in [6.45, 7) is 4.27. The van der Waals surface area contributed by atoms with Crippen molar-refractivity contribution in [3.63, 3.8) is 0 Å². The fraction of sp³-hybridized carbons (Fsp3) is 0.222. The van der Waals surface area contributed by atoms with E-state index in [-0.39, 0.29) is 100 Å². The summed E-state index contributed by atoms with van der Waals surface area (Å²) in [6.07, 6.45) is 1.85. The Morgan fingerprint density at radius 2 is 0.929 bits per heavy atom. The van der Waals surface area contributed by atoms with E-state index in [1.165, 1.54) is 11.1 Å². The number of benzene rings is 2. The van der Waals surface area contributed by atoms with Gasteiger partial charge in [0.15, 0.2) is 0 Å². The first-order valence-corrected chi connectivity index (χ1v) is 9.15. The van der Waals surface area contributed by atoms with Gasteiger partial charge in [-0.3, -0.25) is 0 Å². The molecule has 0 bridgehead atoms. The van der Waals surface area contributed by atoms with Crippen LogP contribution in [0.25, 0.3) is 11.1 Å². The van der Waals surface area contributed by atoms with Crippen molar-refractivity contribution in [1.29, 1.82) is 0 Å². The standard InChI is InChI=1S/C18H20O2.3Na.H3O4P/c1-3-17(13-5-9-15(19)10-6-13)18(4-2)14-7-11-16(20)12-8-14;;;;1-5(2,3)4/h5-12,19-20H,3-4H2,1-2H3;;;;(H3,1,2,3,4)/q;3*+1;/p-3/b18-17+;;;;. The molecular formula is C18H20Na3O6P. The maximum absolute atomic E-state index is 9.41. The Bertz CT molecular complexity index is 694. The maximum atomic E-state index is 9.41. The van der Waals surface area contributed by atoms with Gasteiger partial charge in [-0.15, -0.1) is 0 Å². The summed E-state index contributed by atoms with van der Waals surface area (Å²) in [5.41, 5.74) is 4.82. The molecule has 0 spiro atoms. The van der Waals surface area contributed by atoms with Gasteiger partial charge in [0.05, 0.1) is 0 Å². The van der Waals surface area contributed by atoms with Crippen molar-refractivity contribution >= 4 is 19.0 Å². The van der Waals surface area contributed by atoms with E-state index >= 15 is 0 Å². The van der Waals surface area contributed by atoms with Crippen LogP contribution >= 0.6 is 7.82 Å². The number of rotatable bonds is 4. The monoisotopic (exact) mass is 432 g/mol. The summed E-state index contributed by atoms with van der Waals surface area (Å²) >= 11 is 0. The Labute approximate surface area is 232 Å². The van der Waals surface area contributed by atoms with Crippen LogP contribution in [0.5, 0.6) is 11.5 Å². The van der Waals surface area contributed by atoms with Gasteiger partial charge >= 0.3 is 88.7 Å². The van der Waals surface area contributed by atoms with Crippen molar-refractivity contribution in [3.05, 3.63) is 59.7 Å². The van der Waals surface area contributed by atoms with E-state index in [2.05, 4.69) is 13.8 Å². The van der Waals surface area contributed by atoms with Crippen LogP contribution < -0.4 is 103 Å². The van der Waals surface area contributed by atoms with Crippen molar-refractivity contribution in [3.8, 4) is 11.5 Å². The van der Waals surface area contributed by atoms with E-state index in [1.807, 2.05) is 24.3 Å². The number of hydrogen-bond donors (Lipinski definition) is 2. The fourth-order valence-electron chi connectivity index (χ4n) is 2.51. The second-order valence-corrected chi connectivity index (χ2v) is 6.10. The van der Waals surface area contributed by atoms with Crippen molar-refractivity contribution in [2.24, 2.45) is 0 Å². The van der Waals surface area contributed by atoms with Gasteiger partial charge in [-0.25, -0.2) is 0 Å². The molecule has 0 aliphatic rings. The van der Waals surface area contributed by atoms with Crippen LogP contribution in [0.1, 0.15) is 37.8 Å². The molecule has 0 aliphatic heterocycles. The van der Waals surface area contributed by atoms with E-state index < -0.39 is 7.82 Å². The second kappa shape index (κ2) is 16.6. The molecular weight excluding hydrogens is 412 g/mol. The molecule has 0 aromatic heterocycles. The smallest absolute Gasteiger partial charge is 0.822 e. The molecule has 0 atom stereocenters. The van der Waals surface area contributed by atoms with Gasteiger partial charge in [0.1, 0.15) is 11.5 Å². The van der Waals surface area contributed by atoms with Crippen LogP contribution in [0.4, 0.5) is 0 Å². The molecule has 0 unspecified atom stereocenters. The molecule has 0 fully saturated rings. The predicted molar refractivity (Wildman–Crippen MR) is 91.2 cm³/mol. The Kier molecular flexibility index (Phi) is 19.8. The van der Waals surface area contributed by atoms with Gasteiger partial charge in [0.2, 0.25) is 0 Å². The van der Waals surface area contributed by atoms with Gasteiger partial charge in [-0.1, -0.05) is 38.1 Å².